The van der Waals surface area contributed by atoms with E-state index in [1.165, 1.54) is 0 Å². The number of anilines is 1. The van der Waals surface area contributed by atoms with E-state index in [1.54, 1.807) is 22.8 Å². The summed E-state index contributed by atoms with van der Waals surface area (Å²) in [6.45, 7) is 2.56. The zero-order chi connectivity index (χ0) is 18.1. The second-order valence-corrected chi connectivity index (χ2v) is 6.41. The Balaban J connectivity index is 1.52. The lowest BCUT2D eigenvalue weighted by Crippen LogP contribution is -2.34. The number of nitrogens with zero attached hydrogens (tertiary/aromatic N) is 5. The van der Waals surface area contributed by atoms with Crippen LogP contribution < -0.4 is 5.32 Å². The molecule has 0 saturated carbocycles. The van der Waals surface area contributed by atoms with Crippen molar-refractivity contribution in [2.75, 3.05) is 11.9 Å². The molecule has 1 fully saturated rings. The van der Waals surface area contributed by atoms with Crippen molar-refractivity contribution in [2.24, 2.45) is 7.05 Å². The molecule has 134 valence electrons. The third kappa shape index (κ3) is 3.05. The van der Waals surface area contributed by atoms with Gasteiger partial charge in [0.1, 0.15) is 11.5 Å². The number of pyridine rings is 1. The molecule has 3 aromatic heterocycles. The maximum absolute atomic E-state index is 12.8. The first kappa shape index (κ1) is 16.3. The molecule has 1 saturated heterocycles. The fourth-order valence-corrected chi connectivity index (χ4v) is 3.25. The summed E-state index contributed by atoms with van der Waals surface area (Å²) < 4.78 is 7.01. The van der Waals surface area contributed by atoms with Crippen LogP contribution in [-0.2, 0) is 7.05 Å². The molecule has 0 aromatic carbocycles. The molecule has 1 N–H and O–H groups in total. The summed E-state index contributed by atoms with van der Waals surface area (Å²) in [6, 6.07) is 9.11. The van der Waals surface area contributed by atoms with Crippen molar-refractivity contribution in [3.63, 3.8) is 0 Å². The highest BCUT2D eigenvalue weighted by Gasteiger charge is 2.33. The van der Waals surface area contributed by atoms with Crippen LogP contribution in [0, 0.1) is 6.92 Å². The lowest BCUT2D eigenvalue weighted by molar-refractivity contribution is 0.195. The minimum absolute atomic E-state index is 0.0836. The second-order valence-electron chi connectivity index (χ2n) is 6.41. The maximum Gasteiger partial charge on any atom is 0.323 e. The molecule has 8 heteroatoms. The van der Waals surface area contributed by atoms with Gasteiger partial charge in [-0.05, 0) is 31.9 Å². The molecule has 1 aliphatic heterocycles. The van der Waals surface area contributed by atoms with Crippen molar-refractivity contribution in [1.82, 2.24) is 24.8 Å². The summed E-state index contributed by atoms with van der Waals surface area (Å²) in [5.41, 5.74) is 2.30. The number of urea groups is 1. The molecule has 2 amide bonds. The predicted molar refractivity (Wildman–Crippen MR) is 95.4 cm³/mol. The van der Waals surface area contributed by atoms with E-state index in [0.29, 0.717) is 18.1 Å². The molecule has 0 bridgehead atoms. The molecular formula is C18H20N6O2. The maximum atomic E-state index is 12.8. The standard InChI is InChI=1S/C18H20N6O2/c1-12-10-16(26-22-12)15-7-5-9-24(15)18(25)20-17-11-14(21-23(17)2)13-6-3-4-8-19-13/h3-4,6,8,10-11,15H,5,7,9H2,1-2H3,(H,20,25). The summed E-state index contributed by atoms with van der Waals surface area (Å²) in [6.07, 6.45) is 3.52. The van der Waals surface area contributed by atoms with E-state index in [9.17, 15) is 4.79 Å². The lowest BCUT2D eigenvalue weighted by atomic mass is 10.1. The number of amides is 2. The third-order valence-electron chi connectivity index (χ3n) is 4.53. The number of carbonyl (C=O) groups excluding carboxylic acids is 1. The Morgan fingerprint density at radius 3 is 2.92 bits per heavy atom. The quantitative estimate of drug-likeness (QED) is 0.782. The normalized spacial score (nSPS) is 16.8. The Kier molecular flexibility index (Phi) is 4.16. The number of carbonyl (C=O) groups is 1. The first-order valence-electron chi connectivity index (χ1n) is 8.58. The van der Waals surface area contributed by atoms with E-state index in [1.807, 2.05) is 37.3 Å². The number of rotatable bonds is 3. The first-order chi connectivity index (χ1) is 12.6. The number of aryl methyl sites for hydroxylation is 2. The van der Waals surface area contributed by atoms with E-state index in [2.05, 4.69) is 20.6 Å². The summed E-state index contributed by atoms with van der Waals surface area (Å²) in [5.74, 6) is 1.35. The van der Waals surface area contributed by atoms with Gasteiger partial charge in [0.2, 0.25) is 0 Å². The van der Waals surface area contributed by atoms with Gasteiger partial charge in [-0.1, -0.05) is 11.2 Å². The fraction of sp³-hybridized carbons (Fsp3) is 0.333. The number of aromatic nitrogens is 4. The lowest BCUT2D eigenvalue weighted by Gasteiger charge is -2.22. The van der Waals surface area contributed by atoms with Crippen LogP contribution in [0.1, 0.15) is 30.3 Å². The molecule has 26 heavy (non-hydrogen) atoms. The van der Waals surface area contributed by atoms with Gasteiger partial charge in [0.25, 0.3) is 0 Å². The highest BCUT2D eigenvalue weighted by molar-refractivity contribution is 5.89. The van der Waals surface area contributed by atoms with E-state index < -0.39 is 0 Å². The van der Waals surface area contributed by atoms with E-state index in [4.69, 9.17) is 4.52 Å². The molecular weight excluding hydrogens is 332 g/mol. The Labute approximate surface area is 150 Å². The Bertz CT molecular complexity index is 917. The van der Waals surface area contributed by atoms with Gasteiger partial charge in [-0.2, -0.15) is 5.10 Å². The van der Waals surface area contributed by atoms with E-state index in [0.717, 1.165) is 30.0 Å². The van der Waals surface area contributed by atoms with Gasteiger partial charge < -0.3 is 9.42 Å². The fourth-order valence-electron chi connectivity index (χ4n) is 3.25. The predicted octanol–water partition coefficient (Wildman–Crippen LogP) is 3.15. The Morgan fingerprint density at radius 1 is 1.31 bits per heavy atom. The molecule has 4 heterocycles. The van der Waals surface area contributed by atoms with Gasteiger partial charge in [0, 0.05) is 31.9 Å². The van der Waals surface area contributed by atoms with Crippen LogP contribution in [0.5, 0.6) is 0 Å². The van der Waals surface area contributed by atoms with Crippen LogP contribution in [-0.4, -0.2) is 37.4 Å². The van der Waals surface area contributed by atoms with Crippen LogP contribution in [0.15, 0.2) is 41.1 Å². The molecule has 0 radical (unpaired) electrons. The largest absolute Gasteiger partial charge is 0.359 e. The van der Waals surface area contributed by atoms with Crippen LogP contribution in [0.4, 0.5) is 10.6 Å². The molecule has 1 atom stereocenters. The smallest absolute Gasteiger partial charge is 0.323 e. The van der Waals surface area contributed by atoms with Gasteiger partial charge in [0.05, 0.1) is 17.4 Å². The SMILES string of the molecule is Cc1cc(C2CCCN2C(=O)Nc2cc(-c3ccccn3)nn2C)on1. The molecule has 4 rings (SSSR count). The molecule has 8 nitrogen and oxygen atoms in total. The van der Waals surface area contributed by atoms with Gasteiger partial charge >= 0.3 is 6.03 Å². The Hall–Kier alpha value is -3.16. The summed E-state index contributed by atoms with van der Waals surface area (Å²) in [5, 5.41) is 11.3. The first-order valence-corrected chi connectivity index (χ1v) is 8.58. The second kappa shape index (κ2) is 6.62. The van der Waals surface area contributed by atoms with Crippen LogP contribution >= 0.6 is 0 Å². The highest BCUT2D eigenvalue weighted by Crippen LogP contribution is 2.33. The van der Waals surface area contributed by atoms with Crippen molar-refractivity contribution in [3.8, 4) is 11.4 Å². The minimum Gasteiger partial charge on any atom is -0.359 e. The number of hydrogen-bond donors (Lipinski definition) is 1. The van der Waals surface area contributed by atoms with Crippen LogP contribution in [0.25, 0.3) is 11.4 Å². The average Bonchev–Trinajstić information content (AvgIpc) is 3.36. The average molecular weight is 352 g/mol. The van der Waals surface area contributed by atoms with Crippen molar-refractivity contribution in [1.29, 1.82) is 0 Å². The zero-order valence-electron chi connectivity index (χ0n) is 14.7. The van der Waals surface area contributed by atoms with Gasteiger partial charge in [-0.15, -0.1) is 0 Å². The summed E-state index contributed by atoms with van der Waals surface area (Å²) >= 11 is 0. The number of hydrogen-bond acceptors (Lipinski definition) is 5. The van der Waals surface area contributed by atoms with Crippen molar-refractivity contribution in [3.05, 3.63) is 48.0 Å². The van der Waals surface area contributed by atoms with Crippen molar-refractivity contribution >= 4 is 11.8 Å². The molecule has 1 unspecified atom stereocenters. The molecule has 0 aliphatic carbocycles. The third-order valence-corrected chi connectivity index (χ3v) is 4.53. The van der Waals surface area contributed by atoms with Crippen molar-refractivity contribution in [2.45, 2.75) is 25.8 Å². The zero-order valence-corrected chi connectivity index (χ0v) is 14.7. The minimum atomic E-state index is -0.169. The van der Waals surface area contributed by atoms with Gasteiger partial charge in [-0.25, -0.2) is 4.79 Å². The van der Waals surface area contributed by atoms with Gasteiger partial charge in [0.15, 0.2) is 5.76 Å². The summed E-state index contributed by atoms with van der Waals surface area (Å²) in [7, 11) is 1.79. The number of nitrogens with one attached hydrogen (secondary N) is 1. The number of likely N-dealkylation sites (tertiary alicyclic amines) is 1. The molecule has 0 spiro atoms. The summed E-state index contributed by atoms with van der Waals surface area (Å²) in [4.78, 5) is 18.9. The monoisotopic (exact) mass is 352 g/mol. The molecule has 3 aromatic rings. The van der Waals surface area contributed by atoms with Crippen LogP contribution in [0.3, 0.4) is 0 Å². The topological polar surface area (TPSA) is 89.1 Å². The van der Waals surface area contributed by atoms with E-state index in [-0.39, 0.29) is 12.1 Å². The molecule has 1 aliphatic rings. The van der Waals surface area contributed by atoms with Gasteiger partial charge in [-0.3, -0.25) is 15.0 Å². The Morgan fingerprint density at radius 2 is 2.19 bits per heavy atom. The van der Waals surface area contributed by atoms with E-state index >= 15 is 0 Å². The van der Waals surface area contributed by atoms with Crippen molar-refractivity contribution < 1.29 is 9.32 Å². The highest BCUT2D eigenvalue weighted by atomic mass is 16.5. The van der Waals surface area contributed by atoms with Crippen LogP contribution in [0.2, 0.25) is 0 Å².